The summed E-state index contributed by atoms with van der Waals surface area (Å²) in [7, 11) is 1.69. The average Bonchev–Trinajstić information content (AvgIpc) is 2.94. The number of nitrogens with two attached hydrogens (primary N) is 1. The number of methoxy groups -OCH3 is 1. The molecule has 1 aliphatic carbocycles. The van der Waals surface area contributed by atoms with E-state index in [9.17, 15) is 0 Å². The van der Waals surface area contributed by atoms with Gasteiger partial charge in [0.2, 0.25) is 0 Å². The number of benzene rings is 1. The largest absolute Gasteiger partial charge is 0.496 e. The molecule has 0 aliphatic heterocycles. The summed E-state index contributed by atoms with van der Waals surface area (Å²) < 4.78 is 7.26. The van der Waals surface area contributed by atoms with E-state index in [-0.39, 0.29) is 0 Å². The molecule has 18 heavy (non-hydrogen) atoms. The van der Waals surface area contributed by atoms with Crippen molar-refractivity contribution in [3.63, 3.8) is 0 Å². The van der Waals surface area contributed by atoms with Gasteiger partial charge >= 0.3 is 0 Å². The summed E-state index contributed by atoms with van der Waals surface area (Å²) in [5.41, 5.74) is 10.6. The molecule has 0 saturated carbocycles. The molecular weight excluding hydrogens is 226 g/mol. The first-order chi connectivity index (χ1) is 8.70. The Kier molecular flexibility index (Phi) is 2.51. The summed E-state index contributed by atoms with van der Waals surface area (Å²) in [4.78, 5) is 0. The molecular formula is C14H17N3O. The lowest BCUT2D eigenvalue weighted by atomic mass is 10.2. The number of ether oxygens (including phenoxy) is 1. The van der Waals surface area contributed by atoms with E-state index in [4.69, 9.17) is 10.5 Å². The van der Waals surface area contributed by atoms with Crippen LogP contribution in [0.4, 0.5) is 5.82 Å². The van der Waals surface area contributed by atoms with Gasteiger partial charge in [0.25, 0.3) is 0 Å². The summed E-state index contributed by atoms with van der Waals surface area (Å²) in [6.45, 7) is 2.04. The van der Waals surface area contributed by atoms with Gasteiger partial charge in [-0.15, -0.1) is 0 Å². The van der Waals surface area contributed by atoms with E-state index in [1.54, 1.807) is 7.11 Å². The van der Waals surface area contributed by atoms with Gasteiger partial charge in [-0.25, -0.2) is 4.68 Å². The number of aryl methyl sites for hydroxylation is 1. The second-order valence-corrected chi connectivity index (χ2v) is 4.73. The molecule has 3 rings (SSSR count). The highest BCUT2D eigenvalue weighted by atomic mass is 16.5. The monoisotopic (exact) mass is 243 g/mol. The van der Waals surface area contributed by atoms with Crippen LogP contribution in [0.15, 0.2) is 18.2 Å². The third kappa shape index (κ3) is 1.56. The summed E-state index contributed by atoms with van der Waals surface area (Å²) in [6, 6.07) is 6.09. The van der Waals surface area contributed by atoms with Crippen molar-refractivity contribution < 1.29 is 4.74 Å². The average molecular weight is 243 g/mol. The van der Waals surface area contributed by atoms with Crippen LogP contribution in [0, 0.1) is 6.92 Å². The molecule has 2 N–H and O–H groups in total. The first kappa shape index (κ1) is 11.1. The molecule has 2 aromatic rings. The molecule has 0 atom stereocenters. The fourth-order valence-corrected chi connectivity index (χ4v) is 2.67. The van der Waals surface area contributed by atoms with Gasteiger partial charge in [0.05, 0.1) is 12.8 Å². The highest BCUT2D eigenvalue weighted by Gasteiger charge is 2.21. The Balaban J connectivity index is 2.10. The number of hydrogen-bond donors (Lipinski definition) is 1. The zero-order valence-corrected chi connectivity index (χ0v) is 10.7. The predicted molar refractivity (Wildman–Crippen MR) is 71.3 cm³/mol. The molecule has 1 aromatic carbocycles. The van der Waals surface area contributed by atoms with E-state index in [0.717, 1.165) is 29.8 Å². The highest BCUT2D eigenvalue weighted by molar-refractivity contribution is 5.51. The summed E-state index contributed by atoms with van der Waals surface area (Å²) in [5.74, 6) is 1.58. The second-order valence-electron chi connectivity index (χ2n) is 4.73. The molecule has 1 aliphatic rings. The minimum Gasteiger partial charge on any atom is -0.496 e. The summed E-state index contributed by atoms with van der Waals surface area (Å²) in [5, 5.41) is 4.45. The first-order valence-electron chi connectivity index (χ1n) is 6.22. The van der Waals surface area contributed by atoms with Gasteiger partial charge in [-0.05, 0) is 49.9 Å². The molecule has 1 heterocycles. The molecule has 0 fully saturated rings. The zero-order valence-electron chi connectivity index (χ0n) is 10.7. The van der Waals surface area contributed by atoms with Gasteiger partial charge in [0, 0.05) is 11.3 Å². The zero-order chi connectivity index (χ0) is 12.7. The maximum absolute atomic E-state index is 5.97. The van der Waals surface area contributed by atoms with Gasteiger partial charge in [-0.1, -0.05) is 0 Å². The van der Waals surface area contributed by atoms with Crippen LogP contribution in [-0.4, -0.2) is 16.9 Å². The molecule has 0 amide bonds. The molecule has 0 unspecified atom stereocenters. The maximum atomic E-state index is 5.97. The van der Waals surface area contributed by atoms with Crippen molar-refractivity contribution in [3.05, 3.63) is 35.0 Å². The lowest BCUT2D eigenvalue weighted by Gasteiger charge is -2.09. The highest BCUT2D eigenvalue weighted by Crippen LogP contribution is 2.30. The lowest BCUT2D eigenvalue weighted by molar-refractivity contribution is 0.411. The number of nitrogen functional groups attached to an aromatic ring is 1. The van der Waals surface area contributed by atoms with Crippen molar-refractivity contribution in [2.45, 2.75) is 26.2 Å². The Hall–Kier alpha value is -1.97. The molecule has 4 heteroatoms. The van der Waals surface area contributed by atoms with E-state index >= 15 is 0 Å². The van der Waals surface area contributed by atoms with Crippen LogP contribution in [0.5, 0.6) is 5.75 Å². The van der Waals surface area contributed by atoms with Crippen molar-refractivity contribution >= 4 is 5.82 Å². The van der Waals surface area contributed by atoms with Crippen LogP contribution in [0.3, 0.4) is 0 Å². The van der Waals surface area contributed by atoms with Crippen LogP contribution >= 0.6 is 0 Å². The molecule has 94 valence electrons. The van der Waals surface area contributed by atoms with Gasteiger partial charge in [-0.3, -0.25) is 0 Å². The number of hydrogen-bond acceptors (Lipinski definition) is 3. The Labute approximate surface area is 106 Å². The van der Waals surface area contributed by atoms with Crippen LogP contribution in [0.2, 0.25) is 0 Å². The minimum absolute atomic E-state index is 0.677. The Morgan fingerprint density at radius 1 is 1.33 bits per heavy atom. The van der Waals surface area contributed by atoms with Gasteiger partial charge in [0.15, 0.2) is 0 Å². The number of nitrogens with zero attached hydrogens (tertiary/aromatic N) is 2. The fraction of sp³-hybridized carbons (Fsp3) is 0.357. The normalized spacial score (nSPS) is 13.7. The number of rotatable bonds is 2. The standard InChI is InChI=1S/C14H17N3O/c1-9-8-10(6-7-13(9)18-2)17-12-5-3-4-11(12)14(15)16-17/h6-8H,3-5H2,1-2H3,(H2,15,16). The quantitative estimate of drug-likeness (QED) is 0.880. The van der Waals surface area contributed by atoms with Crippen LogP contribution < -0.4 is 10.5 Å². The van der Waals surface area contributed by atoms with Gasteiger partial charge < -0.3 is 10.5 Å². The van der Waals surface area contributed by atoms with E-state index in [1.165, 1.54) is 17.7 Å². The molecule has 4 nitrogen and oxygen atoms in total. The summed E-state index contributed by atoms with van der Waals surface area (Å²) >= 11 is 0. The Morgan fingerprint density at radius 3 is 2.89 bits per heavy atom. The SMILES string of the molecule is COc1ccc(-n2nc(N)c3c2CCC3)cc1C. The topological polar surface area (TPSA) is 53.1 Å². The van der Waals surface area contributed by atoms with Crippen molar-refractivity contribution in [1.82, 2.24) is 9.78 Å². The maximum Gasteiger partial charge on any atom is 0.149 e. The first-order valence-corrected chi connectivity index (χ1v) is 6.22. The lowest BCUT2D eigenvalue weighted by Crippen LogP contribution is -2.02. The predicted octanol–water partition coefficient (Wildman–Crippen LogP) is 2.26. The van der Waals surface area contributed by atoms with Crippen molar-refractivity contribution in [2.75, 3.05) is 12.8 Å². The third-order valence-corrected chi connectivity index (χ3v) is 3.58. The molecule has 1 aromatic heterocycles. The van der Waals surface area contributed by atoms with Gasteiger partial charge in [0.1, 0.15) is 11.6 Å². The number of anilines is 1. The van der Waals surface area contributed by atoms with Crippen LogP contribution in [0.1, 0.15) is 23.2 Å². The second kappa shape index (κ2) is 4.05. The number of aromatic nitrogens is 2. The van der Waals surface area contributed by atoms with Crippen molar-refractivity contribution in [3.8, 4) is 11.4 Å². The van der Waals surface area contributed by atoms with Crippen LogP contribution in [0.25, 0.3) is 5.69 Å². The van der Waals surface area contributed by atoms with Crippen molar-refractivity contribution in [2.24, 2.45) is 0 Å². The van der Waals surface area contributed by atoms with E-state index in [1.807, 2.05) is 23.7 Å². The molecule has 0 bridgehead atoms. The molecule has 0 saturated heterocycles. The van der Waals surface area contributed by atoms with Crippen molar-refractivity contribution in [1.29, 1.82) is 0 Å². The van der Waals surface area contributed by atoms with Gasteiger partial charge in [-0.2, -0.15) is 5.10 Å². The minimum atomic E-state index is 0.677. The molecule has 0 spiro atoms. The van der Waals surface area contributed by atoms with E-state index in [0.29, 0.717) is 5.82 Å². The Bertz CT molecular complexity index is 601. The van der Waals surface area contributed by atoms with E-state index in [2.05, 4.69) is 11.2 Å². The van der Waals surface area contributed by atoms with Crippen LogP contribution in [-0.2, 0) is 12.8 Å². The third-order valence-electron chi connectivity index (χ3n) is 3.58. The Morgan fingerprint density at radius 2 is 2.17 bits per heavy atom. The smallest absolute Gasteiger partial charge is 0.149 e. The van der Waals surface area contributed by atoms with E-state index < -0.39 is 0 Å². The number of fused-ring (bicyclic) bond motifs is 1. The summed E-state index contributed by atoms with van der Waals surface area (Å²) in [6.07, 6.45) is 3.29. The fourth-order valence-electron chi connectivity index (χ4n) is 2.67. The molecule has 0 radical (unpaired) electrons.